The van der Waals surface area contributed by atoms with E-state index >= 15 is 0 Å². The van der Waals surface area contributed by atoms with Gasteiger partial charge in [-0.05, 0) is 49.7 Å². The van der Waals surface area contributed by atoms with E-state index in [1.807, 2.05) is 30.3 Å². The average Bonchev–Trinajstić information content (AvgIpc) is 3.40. The number of hydrogen-bond acceptors (Lipinski definition) is 4. The van der Waals surface area contributed by atoms with Crippen LogP contribution in [0.15, 0.2) is 30.3 Å². The predicted molar refractivity (Wildman–Crippen MR) is 98.7 cm³/mol. The van der Waals surface area contributed by atoms with Gasteiger partial charge in [0, 0.05) is 24.6 Å². The van der Waals surface area contributed by atoms with Gasteiger partial charge in [0.2, 0.25) is 0 Å². The number of fused-ring (bicyclic) bond motifs is 1. The van der Waals surface area contributed by atoms with Crippen molar-refractivity contribution in [3.05, 3.63) is 35.9 Å². The normalized spacial score (nSPS) is 18.6. The van der Waals surface area contributed by atoms with Gasteiger partial charge >= 0.3 is 0 Å². The fourth-order valence-electron chi connectivity index (χ4n) is 3.65. The molecule has 1 heterocycles. The van der Waals surface area contributed by atoms with Crippen LogP contribution in [0.25, 0.3) is 10.9 Å². The highest BCUT2D eigenvalue weighted by molar-refractivity contribution is 6.07. The molecule has 2 aliphatic carbocycles. The summed E-state index contributed by atoms with van der Waals surface area (Å²) in [4.78, 5) is 17.3. The zero-order valence-corrected chi connectivity index (χ0v) is 14.4. The molecule has 2 aliphatic rings. The molecular weight excluding hydrogens is 314 g/mol. The molecule has 0 aliphatic heterocycles. The van der Waals surface area contributed by atoms with Crippen molar-refractivity contribution in [1.29, 1.82) is 0 Å². The molecule has 2 aromatic rings. The number of aliphatic hydroxyl groups excluding tert-OH is 1. The van der Waals surface area contributed by atoms with Gasteiger partial charge < -0.3 is 15.7 Å². The van der Waals surface area contributed by atoms with Crippen LogP contribution in [0.3, 0.4) is 0 Å². The molecule has 1 aromatic heterocycles. The van der Waals surface area contributed by atoms with Crippen molar-refractivity contribution in [3.8, 4) is 0 Å². The molecule has 3 N–H and O–H groups in total. The largest absolute Gasteiger partial charge is 0.396 e. The van der Waals surface area contributed by atoms with Crippen LogP contribution < -0.4 is 10.6 Å². The van der Waals surface area contributed by atoms with Crippen LogP contribution in [0.2, 0.25) is 0 Å². The Bertz CT molecular complexity index is 782. The van der Waals surface area contributed by atoms with Gasteiger partial charge in [0.25, 0.3) is 5.91 Å². The molecule has 1 aromatic carbocycles. The maximum absolute atomic E-state index is 12.6. The monoisotopic (exact) mass is 339 g/mol. The Morgan fingerprint density at radius 3 is 2.76 bits per heavy atom. The SMILES string of the molecule is O=C(NC1CC1)c1cc(NCC2(CCO)CCC2)nc2ccccc12. The van der Waals surface area contributed by atoms with Gasteiger partial charge in [0.1, 0.15) is 5.82 Å². The summed E-state index contributed by atoms with van der Waals surface area (Å²) in [5, 5.41) is 16.7. The van der Waals surface area contributed by atoms with Crippen molar-refractivity contribution in [1.82, 2.24) is 10.3 Å². The van der Waals surface area contributed by atoms with E-state index in [9.17, 15) is 9.90 Å². The van der Waals surface area contributed by atoms with E-state index in [0.717, 1.165) is 55.4 Å². The van der Waals surface area contributed by atoms with Crippen molar-refractivity contribution in [3.63, 3.8) is 0 Å². The van der Waals surface area contributed by atoms with E-state index in [2.05, 4.69) is 15.6 Å². The summed E-state index contributed by atoms with van der Waals surface area (Å²) in [6.45, 7) is 1.02. The standard InChI is InChI=1S/C20H25N3O2/c24-11-10-20(8-3-9-20)13-21-18-12-16(19(25)22-14-6-7-14)15-4-1-2-5-17(15)23-18/h1-2,4-5,12,14,24H,3,6-11,13H2,(H,21,23)(H,22,25). The van der Waals surface area contributed by atoms with E-state index < -0.39 is 0 Å². The number of anilines is 1. The maximum Gasteiger partial charge on any atom is 0.252 e. The number of carbonyl (C=O) groups excluding carboxylic acids is 1. The Balaban J connectivity index is 1.59. The van der Waals surface area contributed by atoms with E-state index in [1.165, 1.54) is 6.42 Å². The molecule has 0 spiro atoms. The third-order valence-corrected chi connectivity index (χ3v) is 5.57. The van der Waals surface area contributed by atoms with Crippen molar-refractivity contribution < 1.29 is 9.90 Å². The molecule has 5 nitrogen and oxygen atoms in total. The number of hydrogen-bond donors (Lipinski definition) is 3. The van der Waals surface area contributed by atoms with Gasteiger partial charge in [-0.15, -0.1) is 0 Å². The summed E-state index contributed by atoms with van der Waals surface area (Å²) in [6.07, 6.45) is 6.48. The smallest absolute Gasteiger partial charge is 0.252 e. The zero-order chi connectivity index (χ0) is 17.3. The lowest BCUT2D eigenvalue weighted by Gasteiger charge is -2.42. The number of rotatable bonds is 7. The van der Waals surface area contributed by atoms with Gasteiger partial charge in [-0.2, -0.15) is 0 Å². The Morgan fingerprint density at radius 2 is 2.08 bits per heavy atom. The van der Waals surface area contributed by atoms with Gasteiger partial charge in [-0.3, -0.25) is 4.79 Å². The number of para-hydroxylation sites is 1. The minimum Gasteiger partial charge on any atom is -0.396 e. The Kier molecular flexibility index (Phi) is 4.34. The molecule has 0 bridgehead atoms. The summed E-state index contributed by atoms with van der Waals surface area (Å²) in [5.74, 6) is 0.724. The number of benzene rings is 1. The lowest BCUT2D eigenvalue weighted by Crippen LogP contribution is -2.37. The minimum atomic E-state index is -0.0159. The lowest BCUT2D eigenvalue weighted by molar-refractivity contribution is 0.0952. The summed E-state index contributed by atoms with van der Waals surface area (Å²) >= 11 is 0. The number of carbonyl (C=O) groups is 1. The second kappa shape index (κ2) is 6.64. The number of nitrogens with one attached hydrogen (secondary N) is 2. The third-order valence-electron chi connectivity index (χ3n) is 5.57. The lowest BCUT2D eigenvalue weighted by atomic mass is 9.67. The topological polar surface area (TPSA) is 74.2 Å². The Hall–Kier alpha value is -2.14. The van der Waals surface area contributed by atoms with E-state index in [1.54, 1.807) is 0 Å². The first kappa shape index (κ1) is 16.3. The summed E-state index contributed by atoms with van der Waals surface area (Å²) in [7, 11) is 0. The molecule has 132 valence electrons. The Morgan fingerprint density at radius 1 is 1.28 bits per heavy atom. The van der Waals surface area contributed by atoms with E-state index in [-0.39, 0.29) is 17.9 Å². The van der Waals surface area contributed by atoms with Gasteiger partial charge in [-0.1, -0.05) is 24.6 Å². The number of aromatic nitrogens is 1. The molecule has 4 rings (SSSR count). The minimum absolute atomic E-state index is 0.0159. The summed E-state index contributed by atoms with van der Waals surface area (Å²) < 4.78 is 0. The number of amides is 1. The van der Waals surface area contributed by atoms with Crippen LogP contribution in [-0.4, -0.2) is 35.2 Å². The third kappa shape index (κ3) is 3.47. The van der Waals surface area contributed by atoms with Crippen molar-refractivity contribution in [2.45, 2.75) is 44.6 Å². The maximum atomic E-state index is 12.6. The van der Waals surface area contributed by atoms with Crippen molar-refractivity contribution in [2.75, 3.05) is 18.5 Å². The molecule has 0 unspecified atom stereocenters. The van der Waals surface area contributed by atoms with E-state index in [4.69, 9.17) is 0 Å². The zero-order valence-electron chi connectivity index (χ0n) is 14.4. The number of pyridine rings is 1. The highest BCUT2D eigenvalue weighted by atomic mass is 16.3. The van der Waals surface area contributed by atoms with Crippen LogP contribution in [0.1, 0.15) is 48.9 Å². The fourth-order valence-corrected chi connectivity index (χ4v) is 3.65. The van der Waals surface area contributed by atoms with Crippen LogP contribution in [0, 0.1) is 5.41 Å². The molecule has 25 heavy (non-hydrogen) atoms. The fraction of sp³-hybridized carbons (Fsp3) is 0.500. The Labute approximate surface area is 147 Å². The molecule has 5 heteroatoms. The quantitative estimate of drug-likeness (QED) is 0.725. The molecule has 1 amide bonds. The molecule has 0 atom stereocenters. The van der Waals surface area contributed by atoms with Crippen LogP contribution in [-0.2, 0) is 0 Å². The van der Waals surface area contributed by atoms with E-state index in [0.29, 0.717) is 11.6 Å². The first-order chi connectivity index (χ1) is 12.2. The number of nitrogens with zero attached hydrogens (tertiary/aromatic N) is 1. The van der Waals surface area contributed by atoms with Crippen LogP contribution in [0.4, 0.5) is 5.82 Å². The van der Waals surface area contributed by atoms with Gasteiger partial charge in [0.15, 0.2) is 0 Å². The molecule has 2 saturated carbocycles. The highest BCUT2D eigenvalue weighted by Gasteiger charge is 2.36. The highest BCUT2D eigenvalue weighted by Crippen LogP contribution is 2.43. The van der Waals surface area contributed by atoms with Crippen LogP contribution in [0.5, 0.6) is 0 Å². The second-order valence-corrected chi connectivity index (χ2v) is 7.50. The van der Waals surface area contributed by atoms with Gasteiger partial charge in [0.05, 0.1) is 11.1 Å². The second-order valence-electron chi connectivity index (χ2n) is 7.50. The summed E-state index contributed by atoms with van der Waals surface area (Å²) in [6, 6.07) is 9.98. The predicted octanol–water partition coefficient (Wildman–Crippen LogP) is 3.09. The summed E-state index contributed by atoms with van der Waals surface area (Å²) in [5.41, 5.74) is 1.70. The van der Waals surface area contributed by atoms with Crippen LogP contribution >= 0.6 is 0 Å². The van der Waals surface area contributed by atoms with Crippen molar-refractivity contribution in [2.24, 2.45) is 5.41 Å². The molecule has 0 radical (unpaired) electrons. The first-order valence-corrected chi connectivity index (χ1v) is 9.25. The molecule has 2 fully saturated rings. The molecule has 0 saturated heterocycles. The first-order valence-electron chi connectivity index (χ1n) is 9.25. The number of aliphatic hydroxyl groups is 1. The van der Waals surface area contributed by atoms with Gasteiger partial charge in [-0.25, -0.2) is 4.98 Å². The molecular formula is C20H25N3O2. The average molecular weight is 339 g/mol. The van der Waals surface area contributed by atoms with Crippen molar-refractivity contribution >= 4 is 22.6 Å².